The normalized spacial score (nSPS) is 16.9. The Balaban J connectivity index is 2.36. The zero-order valence-electron chi connectivity index (χ0n) is 10.7. The van der Waals surface area contributed by atoms with Crippen LogP contribution in [-0.4, -0.2) is 23.0 Å². The maximum atomic E-state index is 12.1. The van der Waals surface area contributed by atoms with E-state index in [2.05, 4.69) is 15.3 Å². The molecule has 1 aliphatic rings. The van der Waals surface area contributed by atoms with E-state index < -0.39 is 0 Å². The van der Waals surface area contributed by atoms with Gasteiger partial charge in [0.15, 0.2) is 0 Å². The van der Waals surface area contributed by atoms with E-state index in [0.29, 0.717) is 11.6 Å². The van der Waals surface area contributed by atoms with Gasteiger partial charge in [0.25, 0.3) is 0 Å². The van der Waals surface area contributed by atoms with E-state index in [9.17, 15) is 4.79 Å². The highest BCUT2D eigenvalue weighted by Gasteiger charge is 2.28. The molecule has 3 rings (SSSR count). The summed E-state index contributed by atoms with van der Waals surface area (Å²) in [6, 6.07) is 5.55. The zero-order valence-corrected chi connectivity index (χ0v) is 10.7. The number of rotatable bonds is 1. The molecule has 2 aromatic heterocycles. The Hall–Kier alpha value is -2.43. The van der Waals surface area contributed by atoms with Crippen LogP contribution in [0.4, 0.5) is 5.69 Å². The van der Waals surface area contributed by atoms with E-state index in [1.807, 2.05) is 19.1 Å². The van der Waals surface area contributed by atoms with E-state index in [-0.39, 0.29) is 11.8 Å². The SMILES string of the molecule is COc1nccc2c1-c1cccnc1C(C)C(=O)N2. The molecular formula is C14H13N3O2. The summed E-state index contributed by atoms with van der Waals surface area (Å²) >= 11 is 0. The van der Waals surface area contributed by atoms with Crippen molar-refractivity contribution in [2.75, 3.05) is 12.4 Å². The second-order valence-electron chi connectivity index (χ2n) is 4.39. The van der Waals surface area contributed by atoms with Crippen molar-refractivity contribution < 1.29 is 9.53 Å². The molecule has 1 unspecified atom stereocenters. The lowest BCUT2D eigenvalue weighted by Crippen LogP contribution is -2.17. The van der Waals surface area contributed by atoms with Gasteiger partial charge < -0.3 is 10.1 Å². The number of nitrogens with one attached hydrogen (secondary N) is 1. The lowest BCUT2D eigenvalue weighted by molar-refractivity contribution is -0.117. The Morgan fingerprint density at radius 2 is 2.11 bits per heavy atom. The maximum absolute atomic E-state index is 12.1. The molecule has 0 spiro atoms. The number of hydrogen-bond acceptors (Lipinski definition) is 4. The molecule has 1 N–H and O–H groups in total. The van der Waals surface area contributed by atoms with Crippen molar-refractivity contribution in [2.45, 2.75) is 12.8 Å². The molecule has 2 aromatic rings. The fourth-order valence-corrected chi connectivity index (χ4v) is 2.30. The van der Waals surface area contributed by atoms with Gasteiger partial charge in [-0.3, -0.25) is 9.78 Å². The zero-order chi connectivity index (χ0) is 13.4. The molecule has 0 saturated heterocycles. The summed E-state index contributed by atoms with van der Waals surface area (Å²) in [7, 11) is 1.56. The van der Waals surface area contributed by atoms with E-state index in [1.54, 1.807) is 25.6 Å². The third-order valence-electron chi connectivity index (χ3n) is 3.28. The van der Waals surface area contributed by atoms with Crippen LogP contribution in [0.25, 0.3) is 11.1 Å². The van der Waals surface area contributed by atoms with Gasteiger partial charge in [0, 0.05) is 18.0 Å². The molecule has 1 amide bonds. The van der Waals surface area contributed by atoms with Crippen LogP contribution in [0, 0.1) is 0 Å². The van der Waals surface area contributed by atoms with Gasteiger partial charge in [0.1, 0.15) is 0 Å². The Labute approximate surface area is 110 Å². The number of pyridine rings is 2. The molecule has 0 saturated carbocycles. The molecule has 0 aliphatic carbocycles. The summed E-state index contributed by atoms with van der Waals surface area (Å²) in [5, 5.41) is 2.89. The van der Waals surface area contributed by atoms with Gasteiger partial charge in [-0.2, -0.15) is 0 Å². The molecule has 1 aliphatic heterocycles. The summed E-state index contributed by atoms with van der Waals surface area (Å²) in [6.45, 7) is 1.84. The van der Waals surface area contributed by atoms with Gasteiger partial charge in [0.05, 0.1) is 30.0 Å². The van der Waals surface area contributed by atoms with Crippen LogP contribution in [0.5, 0.6) is 5.88 Å². The first kappa shape index (κ1) is 11.6. The standard InChI is InChI=1S/C14H13N3O2/c1-8-12-9(4-3-6-15-12)11-10(17-13(8)18)5-7-16-14(11)19-2/h3-8H,1-2H3,(H,17,18). The molecule has 5 nitrogen and oxygen atoms in total. The Morgan fingerprint density at radius 3 is 2.89 bits per heavy atom. The predicted molar refractivity (Wildman–Crippen MR) is 71.1 cm³/mol. The van der Waals surface area contributed by atoms with Crippen molar-refractivity contribution >= 4 is 11.6 Å². The van der Waals surface area contributed by atoms with Gasteiger partial charge in [-0.25, -0.2) is 4.98 Å². The highest BCUT2D eigenvalue weighted by molar-refractivity contribution is 6.03. The fraction of sp³-hybridized carbons (Fsp3) is 0.214. The number of carbonyl (C=O) groups is 1. The number of hydrogen-bond donors (Lipinski definition) is 1. The number of methoxy groups -OCH3 is 1. The molecule has 19 heavy (non-hydrogen) atoms. The first-order valence-corrected chi connectivity index (χ1v) is 6.01. The quantitative estimate of drug-likeness (QED) is 0.848. The number of fused-ring (bicyclic) bond motifs is 3. The number of anilines is 1. The highest BCUT2D eigenvalue weighted by atomic mass is 16.5. The van der Waals surface area contributed by atoms with Crippen LogP contribution >= 0.6 is 0 Å². The van der Waals surface area contributed by atoms with Crippen molar-refractivity contribution in [1.82, 2.24) is 9.97 Å². The topological polar surface area (TPSA) is 64.1 Å². The first-order chi connectivity index (χ1) is 9.22. The molecule has 0 radical (unpaired) electrons. The van der Waals surface area contributed by atoms with Crippen LogP contribution < -0.4 is 10.1 Å². The van der Waals surface area contributed by atoms with Crippen molar-refractivity contribution in [2.24, 2.45) is 0 Å². The summed E-state index contributed by atoms with van der Waals surface area (Å²) in [6.07, 6.45) is 3.31. The third-order valence-corrected chi connectivity index (χ3v) is 3.28. The van der Waals surface area contributed by atoms with Gasteiger partial charge in [-0.05, 0) is 19.1 Å². The van der Waals surface area contributed by atoms with Crippen molar-refractivity contribution in [3.8, 4) is 17.0 Å². The minimum atomic E-state index is -0.312. The lowest BCUT2D eigenvalue weighted by Gasteiger charge is -2.11. The van der Waals surface area contributed by atoms with Crippen LogP contribution in [-0.2, 0) is 4.79 Å². The van der Waals surface area contributed by atoms with Gasteiger partial charge >= 0.3 is 0 Å². The fourth-order valence-electron chi connectivity index (χ4n) is 2.30. The van der Waals surface area contributed by atoms with Gasteiger partial charge in [-0.1, -0.05) is 6.07 Å². The minimum absolute atomic E-state index is 0.0769. The van der Waals surface area contributed by atoms with Crippen molar-refractivity contribution in [1.29, 1.82) is 0 Å². The summed E-state index contributed by atoms with van der Waals surface area (Å²) in [4.78, 5) is 20.7. The van der Waals surface area contributed by atoms with Crippen molar-refractivity contribution in [3.63, 3.8) is 0 Å². The van der Waals surface area contributed by atoms with Crippen LogP contribution in [0.2, 0.25) is 0 Å². The Bertz CT molecular complexity index is 655. The Morgan fingerprint density at radius 1 is 1.26 bits per heavy atom. The number of aromatic nitrogens is 2. The third kappa shape index (κ3) is 1.74. The summed E-state index contributed by atoms with van der Waals surface area (Å²) < 4.78 is 5.31. The number of nitrogens with zero attached hydrogens (tertiary/aromatic N) is 2. The molecule has 0 aromatic carbocycles. The molecule has 5 heteroatoms. The molecule has 96 valence electrons. The second-order valence-corrected chi connectivity index (χ2v) is 4.39. The molecule has 0 bridgehead atoms. The average Bonchev–Trinajstić information content (AvgIpc) is 2.55. The second kappa shape index (κ2) is 4.35. The summed E-state index contributed by atoms with van der Waals surface area (Å²) in [5.74, 6) is 0.0985. The van der Waals surface area contributed by atoms with E-state index in [1.165, 1.54) is 0 Å². The number of carbonyl (C=O) groups excluding carboxylic acids is 1. The smallest absolute Gasteiger partial charge is 0.233 e. The summed E-state index contributed by atoms with van der Waals surface area (Å²) in [5.41, 5.74) is 3.11. The molecule has 3 heterocycles. The predicted octanol–water partition coefficient (Wildman–Crippen LogP) is 2.21. The maximum Gasteiger partial charge on any atom is 0.233 e. The van der Waals surface area contributed by atoms with Crippen molar-refractivity contribution in [3.05, 3.63) is 36.3 Å². The van der Waals surface area contributed by atoms with E-state index >= 15 is 0 Å². The largest absolute Gasteiger partial charge is 0.480 e. The van der Waals surface area contributed by atoms with Gasteiger partial charge in [-0.15, -0.1) is 0 Å². The Kier molecular flexibility index (Phi) is 2.67. The lowest BCUT2D eigenvalue weighted by atomic mass is 9.98. The average molecular weight is 255 g/mol. The number of ether oxygens (including phenoxy) is 1. The molecule has 1 atom stereocenters. The molecular weight excluding hydrogens is 242 g/mol. The first-order valence-electron chi connectivity index (χ1n) is 6.01. The number of amides is 1. The van der Waals surface area contributed by atoms with Crippen LogP contribution in [0.15, 0.2) is 30.6 Å². The minimum Gasteiger partial charge on any atom is -0.480 e. The monoisotopic (exact) mass is 255 g/mol. The highest BCUT2D eigenvalue weighted by Crippen LogP contribution is 2.41. The van der Waals surface area contributed by atoms with Crippen LogP contribution in [0.1, 0.15) is 18.5 Å². The molecule has 0 fully saturated rings. The van der Waals surface area contributed by atoms with Crippen LogP contribution in [0.3, 0.4) is 0 Å². The van der Waals surface area contributed by atoms with Gasteiger partial charge in [0.2, 0.25) is 11.8 Å². The van der Waals surface area contributed by atoms with E-state index in [0.717, 1.165) is 16.8 Å². The van der Waals surface area contributed by atoms with E-state index in [4.69, 9.17) is 4.74 Å².